The Bertz CT molecular complexity index is 838. The summed E-state index contributed by atoms with van der Waals surface area (Å²) < 4.78 is 13.2. The first-order valence-electron chi connectivity index (χ1n) is 8.07. The Labute approximate surface area is 157 Å². The van der Waals surface area contributed by atoms with Crippen molar-refractivity contribution in [3.8, 4) is 0 Å². The fourth-order valence-corrected chi connectivity index (χ4v) is 3.87. The second kappa shape index (κ2) is 6.47. The number of thiol groups is 1. The van der Waals surface area contributed by atoms with Crippen molar-refractivity contribution in [2.45, 2.75) is 38.9 Å². The van der Waals surface area contributed by atoms with Crippen molar-refractivity contribution in [2.75, 3.05) is 5.75 Å². The van der Waals surface area contributed by atoms with E-state index < -0.39 is 24.3 Å². The summed E-state index contributed by atoms with van der Waals surface area (Å²) in [6.45, 7) is 8.06. The number of fused-ring (bicyclic) bond motifs is 1. The van der Waals surface area contributed by atoms with Crippen LogP contribution in [0.4, 0.5) is 0 Å². The highest BCUT2D eigenvalue weighted by Crippen LogP contribution is 2.39. The van der Waals surface area contributed by atoms with Gasteiger partial charge in [-0.1, -0.05) is 18.2 Å². The molecule has 0 spiro atoms. The molecule has 0 atom stereocenters. The molecule has 2 aromatic rings. The van der Waals surface area contributed by atoms with Gasteiger partial charge in [0.25, 0.3) is 0 Å². The fraction of sp³-hybridized carbons (Fsp3) is 0.389. The SMILES string of the molecule is CC1(C)OB(C(=Cc2cccc3sc(C(=O)O)cc23)CS)OC1(C)C. The molecule has 1 aliphatic rings. The molecule has 1 aromatic heterocycles. The van der Waals surface area contributed by atoms with Crippen molar-refractivity contribution >= 4 is 53.2 Å². The van der Waals surface area contributed by atoms with Gasteiger partial charge < -0.3 is 14.4 Å². The molecule has 1 aromatic carbocycles. The van der Waals surface area contributed by atoms with Gasteiger partial charge in [-0.05, 0) is 50.9 Å². The van der Waals surface area contributed by atoms with Gasteiger partial charge in [0, 0.05) is 15.8 Å². The molecule has 3 rings (SSSR count). The van der Waals surface area contributed by atoms with Crippen LogP contribution in [0.15, 0.2) is 29.7 Å². The van der Waals surface area contributed by atoms with Crippen LogP contribution in [0, 0.1) is 0 Å². The maximum atomic E-state index is 11.3. The van der Waals surface area contributed by atoms with E-state index in [4.69, 9.17) is 9.31 Å². The van der Waals surface area contributed by atoms with Gasteiger partial charge >= 0.3 is 13.1 Å². The number of hydrogen-bond donors (Lipinski definition) is 2. The minimum Gasteiger partial charge on any atom is -0.477 e. The van der Waals surface area contributed by atoms with Gasteiger partial charge in [-0.3, -0.25) is 0 Å². The van der Waals surface area contributed by atoms with Crippen molar-refractivity contribution in [1.82, 2.24) is 0 Å². The second-order valence-electron chi connectivity index (χ2n) is 7.14. The van der Waals surface area contributed by atoms with Gasteiger partial charge in [-0.25, -0.2) is 4.79 Å². The minimum atomic E-state index is -0.906. The third kappa shape index (κ3) is 3.38. The lowest BCUT2D eigenvalue weighted by Crippen LogP contribution is -2.41. The highest BCUT2D eigenvalue weighted by molar-refractivity contribution is 7.80. The number of rotatable bonds is 4. The fourth-order valence-electron chi connectivity index (χ4n) is 2.70. The minimum absolute atomic E-state index is 0.332. The Morgan fingerprint density at radius 1 is 1.28 bits per heavy atom. The van der Waals surface area contributed by atoms with Crippen LogP contribution in [-0.2, 0) is 9.31 Å². The molecule has 132 valence electrons. The average molecular weight is 376 g/mol. The van der Waals surface area contributed by atoms with Crippen molar-refractivity contribution in [2.24, 2.45) is 0 Å². The van der Waals surface area contributed by atoms with Crippen LogP contribution in [0.5, 0.6) is 0 Å². The van der Waals surface area contributed by atoms with Crippen LogP contribution in [0.3, 0.4) is 0 Å². The van der Waals surface area contributed by atoms with Gasteiger partial charge in [0.05, 0.1) is 11.2 Å². The van der Waals surface area contributed by atoms with Crippen LogP contribution in [0.2, 0.25) is 0 Å². The number of carboxylic acid groups (broad SMARTS) is 1. The zero-order valence-corrected chi connectivity index (χ0v) is 16.4. The summed E-state index contributed by atoms with van der Waals surface area (Å²) in [5.74, 6) is -0.417. The molecule has 0 aliphatic carbocycles. The Morgan fingerprint density at radius 2 is 1.92 bits per heavy atom. The summed E-state index contributed by atoms with van der Waals surface area (Å²) in [6, 6.07) is 7.54. The number of hydrogen-bond acceptors (Lipinski definition) is 5. The molecule has 25 heavy (non-hydrogen) atoms. The van der Waals surface area contributed by atoms with E-state index in [1.54, 1.807) is 6.07 Å². The van der Waals surface area contributed by atoms with E-state index in [2.05, 4.69) is 12.6 Å². The average Bonchev–Trinajstić information content (AvgIpc) is 3.04. The molecule has 2 heterocycles. The lowest BCUT2D eigenvalue weighted by molar-refractivity contribution is 0.00578. The molecule has 0 radical (unpaired) electrons. The van der Waals surface area contributed by atoms with Crippen LogP contribution < -0.4 is 0 Å². The monoisotopic (exact) mass is 376 g/mol. The number of aromatic carboxylic acids is 1. The van der Waals surface area contributed by atoms with Gasteiger partial charge in [0.1, 0.15) is 4.88 Å². The van der Waals surface area contributed by atoms with Crippen LogP contribution in [-0.4, -0.2) is 35.1 Å². The first kappa shape index (κ1) is 18.5. The quantitative estimate of drug-likeness (QED) is 0.608. The van der Waals surface area contributed by atoms with E-state index in [0.717, 1.165) is 21.1 Å². The number of benzene rings is 1. The maximum absolute atomic E-state index is 11.3. The molecule has 1 aliphatic heterocycles. The van der Waals surface area contributed by atoms with Crippen molar-refractivity contribution in [1.29, 1.82) is 0 Å². The van der Waals surface area contributed by atoms with E-state index in [1.165, 1.54) is 11.3 Å². The van der Waals surface area contributed by atoms with E-state index in [-0.39, 0.29) is 0 Å². The standard InChI is InChI=1S/C18H21BO4S2/c1-17(2)18(3,4)23-19(22-17)12(10-24)8-11-6-5-7-14-13(11)9-15(25-14)16(20)21/h5-9,24H,10H2,1-4H3,(H,20,21). The molecule has 0 saturated carbocycles. The Morgan fingerprint density at radius 3 is 2.48 bits per heavy atom. The Hall–Kier alpha value is -1.28. The third-order valence-corrected chi connectivity index (χ3v) is 6.34. The maximum Gasteiger partial charge on any atom is 0.491 e. The van der Waals surface area contributed by atoms with Gasteiger partial charge in [-0.2, -0.15) is 12.6 Å². The summed E-state index contributed by atoms with van der Waals surface area (Å²) in [4.78, 5) is 11.6. The normalized spacial score (nSPS) is 19.6. The topological polar surface area (TPSA) is 55.8 Å². The molecule has 1 saturated heterocycles. The summed E-state index contributed by atoms with van der Waals surface area (Å²) >= 11 is 5.72. The summed E-state index contributed by atoms with van der Waals surface area (Å²) in [7, 11) is -0.463. The smallest absolute Gasteiger partial charge is 0.477 e. The van der Waals surface area contributed by atoms with E-state index >= 15 is 0 Å². The van der Waals surface area contributed by atoms with Gasteiger partial charge in [0.2, 0.25) is 0 Å². The second-order valence-corrected chi connectivity index (χ2v) is 8.54. The highest BCUT2D eigenvalue weighted by atomic mass is 32.1. The third-order valence-electron chi connectivity index (χ3n) is 4.89. The summed E-state index contributed by atoms with van der Waals surface area (Å²) in [6.07, 6.45) is 2.00. The highest BCUT2D eigenvalue weighted by Gasteiger charge is 2.52. The Kier molecular flexibility index (Phi) is 4.79. The zero-order chi connectivity index (χ0) is 18.4. The van der Waals surface area contributed by atoms with E-state index in [9.17, 15) is 9.90 Å². The first-order valence-corrected chi connectivity index (χ1v) is 9.52. The molecule has 0 unspecified atom stereocenters. The first-order chi connectivity index (χ1) is 11.6. The predicted molar refractivity (Wildman–Crippen MR) is 107 cm³/mol. The van der Waals surface area contributed by atoms with Crippen molar-refractivity contribution < 1.29 is 19.2 Å². The molecule has 4 nitrogen and oxygen atoms in total. The number of thiophene rings is 1. The number of carboxylic acids is 1. The molecule has 7 heteroatoms. The number of carbonyl (C=O) groups is 1. The van der Waals surface area contributed by atoms with Crippen molar-refractivity contribution in [3.63, 3.8) is 0 Å². The lowest BCUT2D eigenvalue weighted by atomic mass is 9.78. The summed E-state index contributed by atoms with van der Waals surface area (Å²) in [5, 5.41) is 10.2. The molecule has 0 amide bonds. The lowest BCUT2D eigenvalue weighted by Gasteiger charge is -2.32. The molecule has 1 N–H and O–H groups in total. The molecule has 1 fully saturated rings. The summed E-state index contributed by atoms with van der Waals surface area (Å²) in [5.41, 5.74) is 1.03. The van der Waals surface area contributed by atoms with Crippen molar-refractivity contribution in [3.05, 3.63) is 40.2 Å². The molecule has 0 bridgehead atoms. The Balaban J connectivity index is 2.01. The molecular formula is C18H21BO4S2. The van der Waals surface area contributed by atoms with Gasteiger partial charge in [0.15, 0.2) is 0 Å². The van der Waals surface area contributed by atoms with E-state index in [1.807, 2.05) is 52.0 Å². The van der Waals surface area contributed by atoms with Gasteiger partial charge in [-0.15, -0.1) is 11.3 Å². The largest absolute Gasteiger partial charge is 0.491 e. The van der Waals surface area contributed by atoms with Crippen LogP contribution >= 0.6 is 24.0 Å². The van der Waals surface area contributed by atoms with Crippen LogP contribution in [0.1, 0.15) is 42.9 Å². The zero-order valence-electron chi connectivity index (χ0n) is 14.7. The van der Waals surface area contributed by atoms with E-state index in [0.29, 0.717) is 10.6 Å². The van der Waals surface area contributed by atoms with Crippen LogP contribution in [0.25, 0.3) is 16.2 Å². The predicted octanol–water partition coefficient (Wildman–Crippen LogP) is 4.54. The molecular weight excluding hydrogens is 355 g/mol.